The molecule has 130 valence electrons. The fraction of sp³-hybridized carbons (Fsp3) is 0.500. The fourth-order valence-corrected chi connectivity index (χ4v) is 3.28. The van der Waals surface area contributed by atoms with Crippen molar-refractivity contribution in [3.8, 4) is 5.75 Å². The zero-order valence-corrected chi connectivity index (χ0v) is 13.0. The molecule has 2 aliphatic heterocycles. The lowest BCUT2D eigenvalue weighted by Crippen LogP contribution is -2.49. The number of amides is 2. The molecule has 2 amide bonds. The number of fused-ring (bicyclic) bond motifs is 1. The summed E-state index contributed by atoms with van der Waals surface area (Å²) in [5, 5.41) is 2.81. The maximum absolute atomic E-state index is 13.0. The topological polar surface area (TPSA) is 58.6 Å². The molecule has 1 aromatic carbocycles. The highest BCUT2D eigenvalue weighted by atomic mass is 19.4. The van der Waals surface area contributed by atoms with Crippen molar-refractivity contribution < 1.29 is 27.5 Å². The Morgan fingerprint density at radius 2 is 2.08 bits per heavy atom. The van der Waals surface area contributed by atoms with Crippen LogP contribution in [-0.4, -0.2) is 43.0 Å². The van der Waals surface area contributed by atoms with E-state index in [4.69, 9.17) is 4.74 Å². The standard InChI is InChI=1S/C16H17F3N2O3/c1-24-12-5-10(4-11(7-12)16(17,18)19)15(23)21-3-2-9-6-14(22)20-13(9)8-21/h4-5,7,9,13H,2-3,6,8H2,1H3,(H,20,22)/t9-,13-/m1/s1. The number of hydrogen-bond donors (Lipinski definition) is 1. The number of hydrogen-bond acceptors (Lipinski definition) is 3. The molecule has 0 aromatic heterocycles. The summed E-state index contributed by atoms with van der Waals surface area (Å²) in [5.41, 5.74) is -0.987. The van der Waals surface area contributed by atoms with Gasteiger partial charge in [-0.05, 0) is 30.5 Å². The average molecular weight is 342 g/mol. The third-order valence-electron chi connectivity index (χ3n) is 4.55. The predicted molar refractivity (Wildman–Crippen MR) is 78.6 cm³/mol. The summed E-state index contributed by atoms with van der Waals surface area (Å²) in [6.45, 7) is 0.737. The van der Waals surface area contributed by atoms with Crippen LogP contribution in [0.15, 0.2) is 18.2 Å². The Balaban J connectivity index is 1.83. The van der Waals surface area contributed by atoms with Crippen molar-refractivity contribution >= 4 is 11.8 Å². The van der Waals surface area contributed by atoms with Gasteiger partial charge in [0, 0.05) is 31.1 Å². The normalized spacial score (nSPS) is 23.7. The van der Waals surface area contributed by atoms with E-state index in [0.29, 0.717) is 25.9 Å². The highest BCUT2D eigenvalue weighted by Crippen LogP contribution is 2.33. The molecule has 2 atom stereocenters. The Labute approximate surface area is 136 Å². The molecule has 0 spiro atoms. The van der Waals surface area contributed by atoms with Gasteiger partial charge in [-0.15, -0.1) is 0 Å². The Morgan fingerprint density at radius 1 is 1.33 bits per heavy atom. The van der Waals surface area contributed by atoms with Gasteiger partial charge in [0.05, 0.1) is 12.7 Å². The van der Waals surface area contributed by atoms with Crippen LogP contribution in [0.1, 0.15) is 28.8 Å². The van der Waals surface area contributed by atoms with Gasteiger partial charge in [-0.25, -0.2) is 0 Å². The van der Waals surface area contributed by atoms with Gasteiger partial charge in [0.2, 0.25) is 5.91 Å². The highest BCUT2D eigenvalue weighted by molar-refractivity contribution is 5.95. The van der Waals surface area contributed by atoms with Gasteiger partial charge in [-0.2, -0.15) is 13.2 Å². The minimum atomic E-state index is -4.56. The molecule has 2 aliphatic rings. The van der Waals surface area contributed by atoms with E-state index in [9.17, 15) is 22.8 Å². The molecule has 2 heterocycles. The first kappa shape index (κ1) is 16.6. The SMILES string of the molecule is COc1cc(C(=O)N2CC[C@@H]3CC(=O)N[C@@H]3C2)cc(C(F)(F)F)c1. The third kappa shape index (κ3) is 3.18. The van der Waals surface area contributed by atoms with Gasteiger partial charge in [0.25, 0.3) is 5.91 Å². The van der Waals surface area contributed by atoms with Crippen LogP contribution in [0.2, 0.25) is 0 Å². The van der Waals surface area contributed by atoms with Crippen molar-refractivity contribution in [1.82, 2.24) is 10.2 Å². The predicted octanol–water partition coefficient (Wildman–Crippen LogP) is 2.06. The molecule has 0 unspecified atom stereocenters. The quantitative estimate of drug-likeness (QED) is 0.895. The van der Waals surface area contributed by atoms with E-state index in [1.54, 1.807) is 0 Å². The second-order valence-corrected chi connectivity index (χ2v) is 6.13. The van der Waals surface area contributed by atoms with E-state index in [2.05, 4.69) is 5.32 Å². The van der Waals surface area contributed by atoms with Crippen LogP contribution in [0.5, 0.6) is 5.75 Å². The number of benzene rings is 1. The van der Waals surface area contributed by atoms with Crippen molar-refractivity contribution in [2.45, 2.75) is 25.1 Å². The number of halogens is 3. The van der Waals surface area contributed by atoms with Gasteiger partial charge >= 0.3 is 6.18 Å². The first-order valence-electron chi connectivity index (χ1n) is 7.63. The Kier molecular flexibility index (Phi) is 4.15. The van der Waals surface area contributed by atoms with Gasteiger partial charge in [0.15, 0.2) is 0 Å². The number of alkyl halides is 3. The molecule has 0 radical (unpaired) electrons. The molecule has 0 bridgehead atoms. The van der Waals surface area contributed by atoms with Crippen LogP contribution < -0.4 is 10.1 Å². The van der Waals surface area contributed by atoms with Gasteiger partial charge in [-0.3, -0.25) is 9.59 Å². The monoisotopic (exact) mass is 342 g/mol. The third-order valence-corrected chi connectivity index (χ3v) is 4.55. The maximum atomic E-state index is 13.0. The summed E-state index contributed by atoms with van der Waals surface area (Å²) in [6, 6.07) is 2.88. The van der Waals surface area contributed by atoms with Gasteiger partial charge in [-0.1, -0.05) is 0 Å². The van der Waals surface area contributed by atoms with E-state index in [0.717, 1.165) is 12.1 Å². The van der Waals surface area contributed by atoms with Crippen molar-refractivity contribution in [2.75, 3.05) is 20.2 Å². The Bertz CT molecular complexity index is 675. The molecule has 3 rings (SSSR count). The lowest BCUT2D eigenvalue weighted by Gasteiger charge is -2.34. The minimum absolute atomic E-state index is 0.0165. The largest absolute Gasteiger partial charge is 0.497 e. The lowest BCUT2D eigenvalue weighted by molar-refractivity contribution is -0.137. The number of nitrogens with one attached hydrogen (secondary N) is 1. The van der Waals surface area contributed by atoms with Crippen LogP contribution in [0.3, 0.4) is 0 Å². The number of carbonyl (C=O) groups is 2. The number of piperidine rings is 1. The molecule has 24 heavy (non-hydrogen) atoms. The van der Waals surface area contributed by atoms with Crippen LogP contribution in [0.4, 0.5) is 13.2 Å². The van der Waals surface area contributed by atoms with E-state index >= 15 is 0 Å². The number of nitrogens with zero attached hydrogens (tertiary/aromatic N) is 1. The minimum Gasteiger partial charge on any atom is -0.497 e. The van der Waals surface area contributed by atoms with Crippen molar-refractivity contribution in [1.29, 1.82) is 0 Å². The highest BCUT2D eigenvalue weighted by Gasteiger charge is 2.39. The molecule has 1 N–H and O–H groups in total. The summed E-state index contributed by atoms with van der Waals surface area (Å²) in [7, 11) is 1.25. The number of ether oxygens (including phenoxy) is 1. The van der Waals surface area contributed by atoms with Crippen LogP contribution in [0.25, 0.3) is 0 Å². The van der Waals surface area contributed by atoms with E-state index in [-0.39, 0.29) is 29.2 Å². The first-order valence-corrected chi connectivity index (χ1v) is 7.63. The summed E-state index contributed by atoms with van der Waals surface area (Å²) < 4.78 is 43.8. The second kappa shape index (κ2) is 5.99. The van der Waals surface area contributed by atoms with Crippen molar-refractivity contribution in [3.63, 3.8) is 0 Å². The number of likely N-dealkylation sites (tertiary alicyclic amines) is 1. The number of carbonyl (C=O) groups excluding carboxylic acids is 2. The molecular formula is C16H17F3N2O3. The Hall–Kier alpha value is -2.25. The summed E-state index contributed by atoms with van der Waals surface area (Å²) in [5.74, 6) is -0.353. The zero-order valence-electron chi connectivity index (χ0n) is 13.0. The van der Waals surface area contributed by atoms with Crippen LogP contribution >= 0.6 is 0 Å². The molecule has 5 nitrogen and oxygen atoms in total. The Morgan fingerprint density at radius 3 is 2.75 bits per heavy atom. The van der Waals surface area contributed by atoms with E-state index < -0.39 is 17.6 Å². The van der Waals surface area contributed by atoms with E-state index in [1.165, 1.54) is 18.1 Å². The second-order valence-electron chi connectivity index (χ2n) is 6.13. The number of rotatable bonds is 2. The zero-order chi connectivity index (χ0) is 17.5. The van der Waals surface area contributed by atoms with Gasteiger partial charge in [0.1, 0.15) is 5.75 Å². The maximum Gasteiger partial charge on any atom is 0.416 e. The van der Waals surface area contributed by atoms with Gasteiger partial charge < -0.3 is 15.0 Å². The molecule has 0 saturated carbocycles. The molecule has 2 fully saturated rings. The van der Waals surface area contributed by atoms with E-state index in [1.807, 2.05) is 0 Å². The molecule has 1 aromatic rings. The lowest BCUT2D eigenvalue weighted by atomic mass is 9.92. The summed E-state index contributed by atoms with van der Waals surface area (Å²) in [4.78, 5) is 25.5. The van der Waals surface area contributed by atoms with Crippen LogP contribution in [-0.2, 0) is 11.0 Å². The molecular weight excluding hydrogens is 325 g/mol. The summed E-state index contributed by atoms with van der Waals surface area (Å²) in [6.07, 6.45) is -3.45. The summed E-state index contributed by atoms with van der Waals surface area (Å²) >= 11 is 0. The number of methoxy groups -OCH3 is 1. The molecule has 8 heteroatoms. The van der Waals surface area contributed by atoms with Crippen LogP contribution in [0, 0.1) is 5.92 Å². The molecule has 2 saturated heterocycles. The molecule has 0 aliphatic carbocycles. The van der Waals surface area contributed by atoms with Crippen molar-refractivity contribution in [3.05, 3.63) is 29.3 Å². The fourth-order valence-electron chi connectivity index (χ4n) is 3.28. The average Bonchev–Trinajstić information content (AvgIpc) is 2.91. The smallest absolute Gasteiger partial charge is 0.416 e. The first-order chi connectivity index (χ1) is 11.3. The van der Waals surface area contributed by atoms with Crippen molar-refractivity contribution in [2.24, 2.45) is 5.92 Å².